The van der Waals surface area contributed by atoms with Crippen LogP contribution in [0.5, 0.6) is 0 Å². The van der Waals surface area contributed by atoms with Crippen molar-refractivity contribution in [3.8, 4) is 5.69 Å². The lowest BCUT2D eigenvalue weighted by Crippen LogP contribution is -2.25. The van der Waals surface area contributed by atoms with Crippen molar-refractivity contribution in [1.29, 1.82) is 0 Å². The minimum Gasteiger partial charge on any atom is -0.309 e. The molecule has 5 heteroatoms. The molecule has 32 heavy (non-hydrogen) atoms. The molecular weight excluding hydrogens is 415 g/mol. The van der Waals surface area contributed by atoms with Crippen LogP contribution in [0.15, 0.2) is 108 Å². The van der Waals surface area contributed by atoms with Crippen LogP contribution >= 0.6 is 7.14 Å². The molecule has 1 unspecified atom stereocenters. The Morgan fingerprint density at radius 2 is 1.12 bits per heavy atom. The van der Waals surface area contributed by atoms with Gasteiger partial charge in [0.2, 0.25) is 0 Å². The van der Waals surface area contributed by atoms with E-state index in [4.69, 9.17) is 0 Å². The molecule has 1 atom stereocenters. The highest BCUT2D eigenvalue weighted by molar-refractivity contribution is 7.85. The highest BCUT2D eigenvalue weighted by Gasteiger charge is 2.29. The Labute approximate surface area is 186 Å². The molecule has 0 saturated heterocycles. The number of hydrogen-bond donors (Lipinski definition) is 0. The van der Waals surface area contributed by atoms with Crippen molar-refractivity contribution in [3.05, 3.63) is 119 Å². The van der Waals surface area contributed by atoms with Crippen molar-refractivity contribution in [2.45, 2.75) is 6.92 Å². The SMILES string of the molecule is Cc1ccc(P(=O)(c2ccccc2)c2ccc(-n3c(=O)n(C)c4ccccc43)cc2)cc1. The van der Waals surface area contributed by atoms with E-state index in [1.54, 1.807) is 16.2 Å². The zero-order chi connectivity index (χ0) is 22.3. The first kappa shape index (κ1) is 20.3. The molecule has 0 saturated carbocycles. The molecule has 5 rings (SSSR count). The largest absolute Gasteiger partial charge is 0.333 e. The number of nitrogens with zero attached hydrogens (tertiary/aromatic N) is 2. The first-order valence-corrected chi connectivity index (χ1v) is 12.2. The van der Waals surface area contributed by atoms with Crippen LogP contribution in [-0.2, 0) is 11.6 Å². The normalized spacial score (nSPS) is 13.2. The Morgan fingerprint density at radius 1 is 0.625 bits per heavy atom. The Kier molecular flexibility index (Phi) is 4.96. The van der Waals surface area contributed by atoms with Gasteiger partial charge in [0.05, 0.1) is 16.7 Å². The van der Waals surface area contributed by atoms with Crippen LogP contribution in [0.3, 0.4) is 0 Å². The summed E-state index contributed by atoms with van der Waals surface area (Å²) in [7, 11) is -1.28. The molecule has 158 valence electrons. The minimum atomic E-state index is -3.06. The summed E-state index contributed by atoms with van der Waals surface area (Å²) in [5, 5.41) is 2.33. The molecular formula is C27H23N2O2P. The molecule has 0 N–H and O–H groups in total. The number of aryl methyl sites for hydroxylation is 2. The van der Waals surface area contributed by atoms with Gasteiger partial charge in [-0.2, -0.15) is 0 Å². The topological polar surface area (TPSA) is 44.0 Å². The molecule has 0 aliphatic carbocycles. The third-order valence-corrected chi connectivity index (χ3v) is 9.03. The van der Waals surface area contributed by atoms with Gasteiger partial charge in [0.1, 0.15) is 0 Å². The number of imidazole rings is 1. The van der Waals surface area contributed by atoms with Crippen LogP contribution in [0.1, 0.15) is 5.56 Å². The highest BCUT2D eigenvalue weighted by atomic mass is 31.2. The number of rotatable bonds is 4. The van der Waals surface area contributed by atoms with E-state index in [-0.39, 0.29) is 5.69 Å². The maximum Gasteiger partial charge on any atom is 0.333 e. The summed E-state index contributed by atoms with van der Waals surface area (Å²) in [6.45, 7) is 2.02. The lowest BCUT2D eigenvalue weighted by Gasteiger charge is -2.20. The summed E-state index contributed by atoms with van der Waals surface area (Å²) in [5.41, 5.74) is 3.48. The standard InChI is InChI=1S/C27H23N2O2P/c1-20-12-16-23(17-13-20)32(31,22-8-4-3-5-9-22)24-18-14-21(15-19-24)29-26-11-7-6-10-25(26)28(2)27(29)30/h3-19H,1-2H3. The molecule has 0 radical (unpaired) electrons. The van der Waals surface area contributed by atoms with Crippen LogP contribution in [-0.4, -0.2) is 9.13 Å². The van der Waals surface area contributed by atoms with Gasteiger partial charge in [-0.25, -0.2) is 4.79 Å². The summed E-state index contributed by atoms with van der Waals surface area (Å²) >= 11 is 0. The maximum atomic E-state index is 14.6. The lowest BCUT2D eigenvalue weighted by molar-refractivity contribution is 0.592. The minimum absolute atomic E-state index is 0.108. The maximum absolute atomic E-state index is 14.6. The van der Waals surface area contributed by atoms with Crippen molar-refractivity contribution >= 4 is 34.1 Å². The fourth-order valence-corrected chi connectivity index (χ4v) is 6.82. The van der Waals surface area contributed by atoms with Crippen LogP contribution in [0.4, 0.5) is 0 Å². The van der Waals surface area contributed by atoms with E-state index in [2.05, 4.69) is 0 Å². The van der Waals surface area contributed by atoms with Crippen LogP contribution in [0.2, 0.25) is 0 Å². The average molecular weight is 438 g/mol. The fourth-order valence-electron chi connectivity index (χ4n) is 4.19. The first-order chi connectivity index (χ1) is 15.5. The summed E-state index contributed by atoms with van der Waals surface area (Å²) in [6.07, 6.45) is 0. The number of aromatic nitrogens is 2. The van der Waals surface area contributed by atoms with E-state index >= 15 is 0 Å². The van der Waals surface area contributed by atoms with Gasteiger partial charge in [-0.1, -0.05) is 72.3 Å². The Morgan fingerprint density at radius 3 is 1.75 bits per heavy atom. The van der Waals surface area contributed by atoms with Crippen molar-refractivity contribution < 1.29 is 4.57 Å². The smallest absolute Gasteiger partial charge is 0.309 e. The second-order valence-corrected chi connectivity index (χ2v) is 10.7. The molecule has 4 aromatic carbocycles. The Hall–Kier alpha value is -3.62. The van der Waals surface area contributed by atoms with Crippen LogP contribution < -0.4 is 21.6 Å². The summed E-state index contributed by atoms with van der Waals surface area (Å²) in [4.78, 5) is 12.9. The van der Waals surface area contributed by atoms with E-state index in [1.807, 2.05) is 110 Å². The van der Waals surface area contributed by atoms with Crippen LogP contribution in [0, 0.1) is 6.92 Å². The predicted octanol–water partition coefficient (Wildman–Crippen LogP) is 4.28. The first-order valence-electron chi connectivity index (χ1n) is 10.5. The third kappa shape index (κ3) is 3.16. The van der Waals surface area contributed by atoms with Gasteiger partial charge in [-0.15, -0.1) is 0 Å². The van der Waals surface area contributed by atoms with E-state index < -0.39 is 7.14 Å². The Bertz CT molecular complexity index is 1510. The quantitative estimate of drug-likeness (QED) is 0.393. The molecule has 0 amide bonds. The second-order valence-electron chi connectivity index (χ2n) is 7.96. The Balaban J connectivity index is 1.68. The lowest BCUT2D eigenvalue weighted by atomic mass is 10.2. The third-order valence-electron chi connectivity index (χ3n) is 5.95. The molecule has 4 nitrogen and oxygen atoms in total. The van der Waals surface area contributed by atoms with Crippen molar-refractivity contribution in [1.82, 2.24) is 9.13 Å². The predicted molar refractivity (Wildman–Crippen MR) is 133 cm³/mol. The van der Waals surface area contributed by atoms with Crippen molar-refractivity contribution in [2.75, 3.05) is 0 Å². The second kappa shape index (κ2) is 7.81. The molecule has 0 bridgehead atoms. The molecule has 5 aromatic rings. The monoisotopic (exact) mass is 438 g/mol. The highest BCUT2D eigenvalue weighted by Crippen LogP contribution is 2.42. The molecule has 1 heterocycles. The molecule has 1 aromatic heterocycles. The van der Waals surface area contributed by atoms with Gasteiger partial charge < -0.3 is 4.57 Å². The summed E-state index contributed by atoms with van der Waals surface area (Å²) < 4.78 is 17.9. The van der Waals surface area contributed by atoms with E-state index in [0.29, 0.717) is 0 Å². The van der Waals surface area contributed by atoms with Gasteiger partial charge >= 0.3 is 5.69 Å². The fraction of sp³-hybridized carbons (Fsp3) is 0.0741. The number of fused-ring (bicyclic) bond motifs is 1. The zero-order valence-corrected chi connectivity index (χ0v) is 18.9. The van der Waals surface area contributed by atoms with Crippen molar-refractivity contribution in [2.24, 2.45) is 7.05 Å². The molecule has 0 fully saturated rings. The van der Waals surface area contributed by atoms with Gasteiger partial charge in [0.25, 0.3) is 0 Å². The molecule has 0 aliphatic rings. The number of benzene rings is 4. The molecule has 0 spiro atoms. The van der Waals surface area contributed by atoms with Crippen LogP contribution in [0.25, 0.3) is 16.7 Å². The molecule has 0 aliphatic heterocycles. The van der Waals surface area contributed by atoms with E-state index in [9.17, 15) is 9.36 Å². The summed E-state index contributed by atoms with van der Waals surface area (Å²) in [5.74, 6) is 0. The van der Waals surface area contributed by atoms with Gasteiger partial charge in [0, 0.05) is 23.0 Å². The van der Waals surface area contributed by atoms with Gasteiger partial charge in [0.15, 0.2) is 7.14 Å². The van der Waals surface area contributed by atoms with E-state index in [0.717, 1.165) is 38.2 Å². The number of para-hydroxylation sites is 2. The van der Waals surface area contributed by atoms with E-state index in [1.165, 1.54) is 0 Å². The summed E-state index contributed by atoms with van der Waals surface area (Å²) in [6, 6.07) is 32.7. The van der Waals surface area contributed by atoms with Gasteiger partial charge in [-0.3, -0.25) is 9.13 Å². The average Bonchev–Trinajstić information content (AvgIpc) is 3.10. The number of hydrogen-bond acceptors (Lipinski definition) is 2. The zero-order valence-electron chi connectivity index (χ0n) is 18.0. The van der Waals surface area contributed by atoms with Crippen molar-refractivity contribution in [3.63, 3.8) is 0 Å². The van der Waals surface area contributed by atoms with Gasteiger partial charge in [-0.05, 0) is 43.3 Å².